The second-order valence-corrected chi connectivity index (χ2v) is 4.04. The first-order valence-corrected chi connectivity index (χ1v) is 5.38. The minimum Gasteiger partial charge on any atom is -0.480 e. The summed E-state index contributed by atoms with van der Waals surface area (Å²) >= 11 is 4.02. The van der Waals surface area contributed by atoms with Crippen molar-refractivity contribution in [1.29, 1.82) is 0 Å². The molecule has 0 aromatic heterocycles. The molecular weight excluding hydrogens is 218 g/mol. The highest BCUT2D eigenvalue weighted by Crippen LogP contribution is 2.20. The van der Waals surface area contributed by atoms with E-state index in [0.29, 0.717) is 5.75 Å². The quantitative estimate of drug-likeness (QED) is 0.684. The number of nitrogens with zero attached hydrogens (tertiary/aromatic N) is 1. The molecule has 1 heterocycles. The Morgan fingerprint density at radius 3 is 2.73 bits per heavy atom. The molecule has 86 valence electrons. The predicted octanol–water partition coefficient (Wildman–Crippen LogP) is 0.210. The van der Waals surface area contributed by atoms with Gasteiger partial charge < -0.3 is 14.7 Å². The van der Waals surface area contributed by atoms with E-state index < -0.39 is 18.1 Å². The van der Waals surface area contributed by atoms with Crippen LogP contribution in [0.5, 0.6) is 0 Å². The molecule has 1 amide bonds. The average Bonchev–Trinajstić information content (AvgIpc) is 2.57. The largest absolute Gasteiger partial charge is 0.480 e. The molecule has 3 unspecified atom stereocenters. The number of carbonyl (C=O) groups is 2. The van der Waals surface area contributed by atoms with Crippen LogP contribution >= 0.6 is 12.6 Å². The molecule has 0 bridgehead atoms. The van der Waals surface area contributed by atoms with Crippen LogP contribution in [0.4, 0.5) is 0 Å². The summed E-state index contributed by atoms with van der Waals surface area (Å²) in [6, 6.07) is -0.875. The molecule has 1 aliphatic heterocycles. The van der Waals surface area contributed by atoms with Crippen LogP contribution in [0.15, 0.2) is 0 Å². The van der Waals surface area contributed by atoms with Gasteiger partial charge in [0.1, 0.15) is 6.73 Å². The molecule has 5 nitrogen and oxygen atoms in total. The van der Waals surface area contributed by atoms with E-state index in [1.54, 1.807) is 13.8 Å². The van der Waals surface area contributed by atoms with Crippen molar-refractivity contribution in [3.8, 4) is 0 Å². The first-order valence-electron chi connectivity index (χ1n) is 4.74. The summed E-state index contributed by atoms with van der Waals surface area (Å²) in [6.45, 7) is 3.42. The SMILES string of the molecule is CC(CS)C(=O)N1COC(C)C1C(=O)O. The molecule has 0 aromatic rings. The molecule has 0 aromatic carbocycles. The summed E-state index contributed by atoms with van der Waals surface area (Å²) in [5, 5.41) is 8.96. The van der Waals surface area contributed by atoms with E-state index in [9.17, 15) is 9.59 Å². The number of carboxylic acid groups (broad SMARTS) is 1. The smallest absolute Gasteiger partial charge is 0.329 e. The van der Waals surface area contributed by atoms with Gasteiger partial charge in [-0.05, 0) is 6.92 Å². The van der Waals surface area contributed by atoms with E-state index in [0.717, 1.165) is 0 Å². The van der Waals surface area contributed by atoms with Gasteiger partial charge in [-0.25, -0.2) is 4.79 Å². The van der Waals surface area contributed by atoms with Crippen molar-refractivity contribution in [3.05, 3.63) is 0 Å². The molecule has 0 aliphatic carbocycles. The standard InChI is InChI=1S/C9H15NO4S/c1-5(3-15)8(11)10-4-14-6(2)7(10)9(12)13/h5-7,15H,3-4H2,1-2H3,(H,12,13). The Balaban J connectivity index is 2.77. The molecule has 0 saturated carbocycles. The van der Waals surface area contributed by atoms with Crippen molar-refractivity contribution in [2.75, 3.05) is 12.5 Å². The molecule has 1 N–H and O–H groups in total. The van der Waals surface area contributed by atoms with Crippen molar-refractivity contribution in [2.45, 2.75) is 26.0 Å². The van der Waals surface area contributed by atoms with E-state index in [2.05, 4.69) is 12.6 Å². The van der Waals surface area contributed by atoms with Gasteiger partial charge in [0.15, 0.2) is 6.04 Å². The lowest BCUT2D eigenvalue weighted by atomic mass is 10.1. The van der Waals surface area contributed by atoms with Crippen molar-refractivity contribution in [3.63, 3.8) is 0 Å². The maximum absolute atomic E-state index is 11.8. The first kappa shape index (κ1) is 12.3. The topological polar surface area (TPSA) is 66.8 Å². The van der Waals surface area contributed by atoms with Crippen molar-refractivity contribution in [2.24, 2.45) is 5.92 Å². The highest BCUT2D eigenvalue weighted by molar-refractivity contribution is 7.80. The molecule has 15 heavy (non-hydrogen) atoms. The van der Waals surface area contributed by atoms with Gasteiger partial charge in [0.05, 0.1) is 6.10 Å². The molecule has 0 spiro atoms. The third-order valence-electron chi connectivity index (χ3n) is 2.49. The Hall–Kier alpha value is -0.750. The maximum atomic E-state index is 11.8. The van der Waals surface area contributed by atoms with Crippen LogP contribution in [0.1, 0.15) is 13.8 Å². The minimum atomic E-state index is -1.03. The van der Waals surface area contributed by atoms with Crippen LogP contribution in [-0.2, 0) is 14.3 Å². The van der Waals surface area contributed by atoms with Crippen molar-refractivity contribution >= 4 is 24.5 Å². The molecule has 1 rings (SSSR count). The average molecular weight is 233 g/mol. The lowest BCUT2D eigenvalue weighted by molar-refractivity contribution is -0.149. The molecule has 3 atom stereocenters. The van der Waals surface area contributed by atoms with Crippen LogP contribution in [0, 0.1) is 5.92 Å². The van der Waals surface area contributed by atoms with Gasteiger partial charge in [-0.2, -0.15) is 12.6 Å². The van der Waals surface area contributed by atoms with Gasteiger partial charge in [0.25, 0.3) is 0 Å². The fourth-order valence-corrected chi connectivity index (χ4v) is 1.67. The Kier molecular flexibility index (Phi) is 3.98. The van der Waals surface area contributed by atoms with Crippen LogP contribution in [-0.4, -0.2) is 46.5 Å². The molecule has 0 radical (unpaired) electrons. The normalized spacial score (nSPS) is 27.8. The number of carboxylic acids is 1. The fraction of sp³-hybridized carbons (Fsp3) is 0.778. The Bertz CT molecular complexity index is 271. The highest BCUT2D eigenvalue weighted by Gasteiger charge is 2.41. The molecule has 1 fully saturated rings. The number of carbonyl (C=O) groups excluding carboxylic acids is 1. The number of ether oxygens (including phenoxy) is 1. The molecule has 6 heteroatoms. The third kappa shape index (κ3) is 2.43. The van der Waals surface area contributed by atoms with Gasteiger partial charge in [0, 0.05) is 11.7 Å². The van der Waals surface area contributed by atoms with Gasteiger partial charge in [-0.3, -0.25) is 4.79 Å². The lowest BCUT2D eigenvalue weighted by Gasteiger charge is -2.23. The third-order valence-corrected chi connectivity index (χ3v) is 3.04. The van der Waals surface area contributed by atoms with Crippen LogP contribution in [0.25, 0.3) is 0 Å². The number of hydrogen-bond donors (Lipinski definition) is 2. The highest BCUT2D eigenvalue weighted by atomic mass is 32.1. The maximum Gasteiger partial charge on any atom is 0.329 e. The second kappa shape index (κ2) is 4.85. The number of aliphatic carboxylic acids is 1. The van der Waals surface area contributed by atoms with E-state index in [-0.39, 0.29) is 18.6 Å². The van der Waals surface area contributed by atoms with E-state index in [1.165, 1.54) is 4.90 Å². The van der Waals surface area contributed by atoms with Gasteiger partial charge in [0.2, 0.25) is 5.91 Å². The van der Waals surface area contributed by atoms with E-state index >= 15 is 0 Å². The zero-order valence-electron chi connectivity index (χ0n) is 8.71. The Labute approximate surface area is 93.8 Å². The summed E-state index contributed by atoms with van der Waals surface area (Å²) in [5.74, 6) is -1.14. The van der Waals surface area contributed by atoms with Gasteiger partial charge >= 0.3 is 5.97 Å². The fourth-order valence-electron chi connectivity index (χ4n) is 1.52. The van der Waals surface area contributed by atoms with Gasteiger partial charge in [-0.15, -0.1) is 0 Å². The first-order chi connectivity index (χ1) is 6.99. The number of amides is 1. The van der Waals surface area contributed by atoms with E-state index in [1.807, 2.05) is 0 Å². The second-order valence-electron chi connectivity index (χ2n) is 3.68. The summed E-state index contributed by atoms with van der Waals surface area (Å²) in [5.41, 5.74) is 0. The number of thiol groups is 1. The predicted molar refractivity (Wildman–Crippen MR) is 56.7 cm³/mol. The minimum absolute atomic E-state index is 0.0507. The zero-order valence-corrected chi connectivity index (χ0v) is 9.61. The number of hydrogen-bond acceptors (Lipinski definition) is 4. The Morgan fingerprint density at radius 2 is 2.27 bits per heavy atom. The van der Waals surface area contributed by atoms with Crippen molar-refractivity contribution < 1.29 is 19.4 Å². The van der Waals surface area contributed by atoms with E-state index in [4.69, 9.17) is 9.84 Å². The monoisotopic (exact) mass is 233 g/mol. The Morgan fingerprint density at radius 1 is 1.67 bits per heavy atom. The lowest BCUT2D eigenvalue weighted by Crippen LogP contribution is -2.46. The van der Waals surface area contributed by atoms with Crippen LogP contribution in [0.3, 0.4) is 0 Å². The van der Waals surface area contributed by atoms with Crippen molar-refractivity contribution in [1.82, 2.24) is 4.90 Å². The summed E-state index contributed by atoms with van der Waals surface area (Å²) in [6.07, 6.45) is -0.460. The molecular formula is C9H15NO4S. The number of rotatable bonds is 3. The summed E-state index contributed by atoms with van der Waals surface area (Å²) in [7, 11) is 0. The summed E-state index contributed by atoms with van der Waals surface area (Å²) in [4.78, 5) is 24.0. The summed E-state index contributed by atoms with van der Waals surface area (Å²) < 4.78 is 5.15. The van der Waals surface area contributed by atoms with Crippen LogP contribution < -0.4 is 0 Å². The molecule has 1 saturated heterocycles. The zero-order chi connectivity index (χ0) is 11.6. The molecule has 1 aliphatic rings. The van der Waals surface area contributed by atoms with Gasteiger partial charge in [-0.1, -0.05) is 6.92 Å². The van der Waals surface area contributed by atoms with Crippen LogP contribution in [0.2, 0.25) is 0 Å².